The predicted molar refractivity (Wildman–Crippen MR) is 57.3 cm³/mol. The van der Waals surface area contributed by atoms with Crippen LogP contribution >= 0.6 is 0 Å². The summed E-state index contributed by atoms with van der Waals surface area (Å²) in [7, 11) is 0. The first-order valence-electron chi connectivity index (χ1n) is 5.86. The van der Waals surface area contributed by atoms with Gasteiger partial charge in [-0.1, -0.05) is 19.3 Å². The van der Waals surface area contributed by atoms with E-state index in [4.69, 9.17) is 10.5 Å². The summed E-state index contributed by atoms with van der Waals surface area (Å²) < 4.78 is 5.10. The van der Waals surface area contributed by atoms with E-state index >= 15 is 0 Å². The Morgan fingerprint density at radius 3 is 2.47 bits per heavy atom. The summed E-state index contributed by atoms with van der Waals surface area (Å²) in [5.74, 6) is 0.100. The third-order valence-corrected chi connectivity index (χ3v) is 3.57. The van der Waals surface area contributed by atoms with Gasteiger partial charge in [-0.05, 0) is 12.8 Å². The average Bonchev–Trinajstić information content (AvgIpc) is 2.18. The van der Waals surface area contributed by atoms with Crippen molar-refractivity contribution in [1.29, 1.82) is 0 Å². The molecule has 0 aromatic carbocycles. The molecule has 0 aromatic heterocycles. The van der Waals surface area contributed by atoms with Crippen LogP contribution in [-0.2, 0) is 9.53 Å². The van der Waals surface area contributed by atoms with E-state index in [9.17, 15) is 4.79 Å². The summed E-state index contributed by atoms with van der Waals surface area (Å²) in [5.41, 5.74) is 5.21. The van der Waals surface area contributed by atoms with E-state index in [1.165, 1.54) is 19.3 Å². The fourth-order valence-corrected chi connectivity index (χ4v) is 2.28. The van der Waals surface area contributed by atoms with Gasteiger partial charge in [0.1, 0.15) is 5.41 Å². The van der Waals surface area contributed by atoms with Crippen molar-refractivity contribution in [2.24, 2.45) is 11.1 Å². The van der Waals surface area contributed by atoms with Crippen molar-refractivity contribution in [2.45, 2.75) is 38.1 Å². The predicted octanol–water partition coefficient (Wildman–Crippen LogP) is 0.411. The van der Waals surface area contributed by atoms with Gasteiger partial charge in [0, 0.05) is 12.6 Å². The van der Waals surface area contributed by atoms with Gasteiger partial charge in [-0.25, -0.2) is 0 Å². The van der Waals surface area contributed by atoms with E-state index in [1.807, 2.05) is 0 Å². The highest BCUT2D eigenvalue weighted by atomic mass is 16.5. The fourth-order valence-electron chi connectivity index (χ4n) is 2.28. The third kappa shape index (κ3) is 2.16. The first kappa shape index (κ1) is 10.9. The number of nitrogens with one attached hydrogen (secondary N) is 1. The molecule has 1 saturated heterocycles. The van der Waals surface area contributed by atoms with Gasteiger partial charge < -0.3 is 15.8 Å². The maximum absolute atomic E-state index is 12.0. The Hall–Kier alpha value is -0.610. The lowest BCUT2D eigenvalue weighted by atomic mass is 9.84. The first-order chi connectivity index (χ1) is 7.27. The molecule has 1 aliphatic heterocycles. The normalized spacial score (nSPS) is 25.7. The molecule has 0 unspecified atom stereocenters. The Balaban J connectivity index is 1.85. The Labute approximate surface area is 90.5 Å². The molecular weight excluding hydrogens is 192 g/mol. The number of hydrogen-bond acceptors (Lipinski definition) is 3. The van der Waals surface area contributed by atoms with Crippen LogP contribution in [0.1, 0.15) is 32.1 Å². The molecule has 0 atom stereocenters. The van der Waals surface area contributed by atoms with Crippen molar-refractivity contribution >= 4 is 5.91 Å². The molecule has 15 heavy (non-hydrogen) atoms. The van der Waals surface area contributed by atoms with Gasteiger partial charge in [-0.15, -0.1) is 0 Å². The summed E-state index contributed by atoms with van der Waals surface area (Å²) in [6.45, 7) is 1.37. The topological polar surface area (TPSA) is 64.4 Å². The molecule has 86 valence electrons. The number of ether oxygens (including phenoxy) is 1. The van der Waals surface area contributed by atoms with Crippen LogP contribution in [0.3, 0.4) is 0 Å². The molecule has 2 rings (SSSR count). The molecule has 0 radical (unpaired) electrons. The van der Waals surface area contributed by atoms with E-state index in [2.05, 4.69) is 5.32 Å². The molecule has 4 heteroatoms. The van der Waals surface area contributed by atoms with Gasteiger partial charge in [0.15, 0.2) is 0 Å². The first-order valence-corrected chi connectivity index (χ1v) is 5.86. The molecular formula is C11H20N2O2. The Morgan fingerprint density at radius 2 is 2.00 bits per heavy atom. The van der Waals surface area contributed by atoms with Gasteiger partial charge in [0.25, 0.3) is 0 Å². The van der Waals surface area contributed by atoms with Crippen molar-refractivity contribution < 1.29 is 9.53 Å². The van der Waals surface area contributed by atoms with Crippen molar-refractivity contribution in [3.8, 4) is 0 Å². The second kappa shape index (κ2) is 4.49. The minimum absolute atomic E-state index is 0.100. The maximum atomic E-state index is 12.0. The van der Waals surface area contributed by atoms with Crippen LogP contribution < -0.4 is 11.1 Å². The minimum atomic E-state index is -0.419. The summed E-state index contributed by atoms with van der Waals surface area (Å²) in [5, 5.41) is 3.11. The van der Waals surface area contributed by atoms with Crippen LogP contribution in [0.25, 0.3) is 0 Å². The van der Waals surface area contributed by atoms with Crippen molar-refractivity contribution in [2.75, 3.05) is 19.8 Å². The summed E-state index contributed by atoms with van der Waals surface area (Å²) >= 11 is 0. The number of hydrogen-bond donors (Lipinski definition) is 2. The standard InChI is InChI=1S/C11H20N2O2/c12-6-11(7-15-8-11)10(14)13-9-4-2-1-3-5-9/h9H,1-8,12H2,(H,13,14). The van der Waals surface area contributed by atoms with E-state index < -0.39 is 5.41 Å². The highest BCUT2D eigenvalue weighted by molar-refractivity contribution is 5.84. The molecule has 1 aliphatic carbocycles. The van der Waals surface area contributed by atoms with E-state index in [0.717, 1.165) is 12.8 Å². The third-order valence-electron chi connectivity index (χ3n) is 3.57. The van der Waals surface area contributed by atoms with Crippen LogP contribution in [0.15, 0.2) is 0 Å². The molecule has 4 nitrogen and oxygen atoms in total. The Morgan fingerprint density at radius 1 is 1.33 bits per heavy atom. The van der Waals surface area contributed by atoms with Gasteiger partial charge in [0.2, 0.25) is 5.91 Å². The Kier molecular flexibility index (Phi) is 3.26. The van der Waals surface area contributed by atoms with Crippen molar-refractivity contribution in [3.05, 3.63) is 0 Å². The van der Waals surface area contributed by atoms with Crippen LogP contribution in [0, 0.1) is 5.41 Å². The molecule has 2 aliphatic rings. The summed E-state index contributed by atoms with van der Waals surface area (Å²) in [4.78, 5) is 12.0. The lowest BCUT2D eigenvalue weighted by Gasteiger charge is -2.40. The van der Waals surface area contributed by atoms with Crippen molar-refractivity contribution in [3.63, 3.8) is 0 Å². The van der Waals surface area contributed by atoms with Gasteiger partial charge in [-0.3, -0.25) is 4.79 Å². The zero-order chi connectivity index (χ0) is 10.7. The van der Waals surface area contributed by atoms with Crippen LogP contribution in [-0.4, -0.2) is 31.7 Å². The fraction of sp³-hybridized carbons (Fsp3) is 0.909. The van der Waals surface area contributed by atoms with Gasteiger partial charge in [0.05, 0.1) is 13.2 Å². The zero-order valence-corrected chi connectivity index (χ0v) is 9.13. The second-order valence-corrected chi connectivity index (χ2v) is 4.79. The maximum Gasteiger partial charge on any atom is 0.232 e. The SMILES string of the molecule is NCC1(C(=O)NC2CCCCC2)COC1. The lowest BCUT2D eigenvalue weighted by molar-refractivity contribution is -0.160. The van der Waals surface area contributed by atoms with Crippen molar-refractivity contribution in [1.82, 2.24) is 5.32 Å². The molecule has 1 heterocycles. The van der Waals surface area contributed by atoms with Crippen LogP contribution in [0.5, 0.6) is 0 Å². The molecule has 3 N–H and O–H groups in total. The zero-order valence-electron chi connectivity index (χ0n) is 9.13. The number of nitrogens with two attached hydrogens (primary N) is 1. The largest absolute Gasteiger partial charge is 0.379 e. The molecule has 1 amide bonds. The Bertz CT molecular complexity index is 227. The molecule has 0 spiro atoms. The number of amides is 1. The molecule has 0 aromatic rings. The van der Waals surface area contributed by atoms with E-state index in [-0.39, 0.29) is 5.91 Å². The van der Waals surface area contributed by atoms with Gasteiger partial charge in [-0.2, -0.15) is 0 Å². The number of carbonyl (C=O) groups excluding carboxylic acids is 1. The smallest absolute Gasteiger partial charge is 0.232 e. The van der Waals surface area contributed by atoms with Crippen LogP contribution in [0.4, 0.5) is 0 Å². The number of rotatable bonds is 3. The molecule has 2 fully saturated rings. The summed E-state index contributed by atoms with van der Waals surface area (Å²) in [6, 6.07) is 0.371. The minimum Gasteiger partial charge on any atom is -0.379 e. The quantitative estimate of drug-likeness (QED) is 0.712. The highest BCUT2D eigenvalue weighted by Crippen LogP contribution is 2.27. The molecule has 0 bridgehead atoms. The monoisotopic (exact) mass is 212 g/mol. The average molecular weight is 212 g/mol. The second-order valence-electron chi connectivity index (χ2n) is 4.79. The molecule has 1 saturated carbocycles. The van der Waals surface area contributed by atoms with E-state index in [1.54, 1.807) is 0 Å². The lowest BCUT2D eigenvalue weighted by Crippen LogP contribution is -2.59. The van der Waals surface area contributed by atoms with Crippen LogP contribution in [0.2, 0.25) is 0 Å². The van der Waals surface area contributed by atoms with E-state index in [0.29, 0.717) is 25.8 Å². The van der Waals surface area contributed by atoms with Gasteiger partial charge >= 0.3 is 0 Å². The highest BCUT2D eigenvalue weighted by Gasteiger charge is 2.45. The summed E-state index contributed by atoms with van der Waals surface area (Å²) in [6.07, 6.45) is 6.01. The number of carbonyl (C=O) groups is 1.